The van der Waals surface area contributed by atoms with Gasteiger partial charge in [0, 0.05) is 26.1 Å². The molecular formula is C31H33FN2O4. The lowest BCUT2D eigenvalue weighted by Crippen LogP contribution is -2.48. The van der Waals surface area contributed by atoms with Gasteiger partial charge in [-0.3, -0.25) is 14.5 Å². The molecule has 1 amide bonds. The van der Waals surface area contributed by atoms with Crippen LogP contribution in [0.5, 0.6) is 11.5 Å². The smallest absolute Gasteiger partial charge is 0.237 e. The number of benzene rings is 3. The predicted octanol–water partition coefficient (Wildman–Crippen LogP) is 4.52. The monoisotopic (exact) mass is 516 g/mol. The van der Waals surface area contributed by atoms with E-state index in [1.807, 2.05) is 35.2 Å². The lowest BCUT2D eigenvalue weighted by molar-refractivity contribution is -0.139. The van der Waals surface area contributed by atoms with Gasteiger partial charge in [0.2, 0.25) is 5.91 Å². The van der Waals surface area contributed by atoms with Crippen molar-refractivity contribution in [1.29, 1.82) is 0 Å². The molecular weight excluding hydrogens is 483 g/mol. The van der Waals surface area contributed by atoms with E-state index in [1.165, 1.54) is 17.7 Å². The van der Waals surface area contributed by atoms with Gasteiger partial charge in [-0.05, 0) is 66.3 Å². The van der Waals surface area contributed by atoms with Gasteiger partial charge in [0.15, 0.2) is 5.78 Å². The highest BCUT2D eigenvalue weighted by Crippen LogP contribution is 2.29. The van der Waals surface area contributed by atoms with Crippen molar-refractivity contribution in [3.8, 4) is 11.5 Å². The standard InChI is InChI=1S/C31H33FN2O4/c32-26-8-12-28(13-9-26)38-27-10-6-24(7-11-27)20-30(35)29-19-25(18-23-4-2-1-3-5-23)21-34(29)31(36)22-33-14-16-37-17-15-33/h1-13,25,29H,14-22H2/t25-,29+/m1/s1. The molecule has 0 radical (unpaired) electrons. The van der Waals surface area contributed by atoms with Gasteiger partial charge in [0.05, 0.1) is 25.8 Å². The Bertz CT molecular complexity index is 1210. The van der Waals surface area contributed by atoms with Crippen LogP contribution in [0.4, 0.5) is 4.39 Å². The number of carbonyl (C=O) groups excluding carboxylic acids is 2. The quantitative estimate of drug-likeness (QED) is 0.419. The fraction of sp³-hybridized carbons (Fsp3) is 0.355. The molecule has 5 rings (SSSR count). The fourth-order valence-corrected chi connectivity index (χ4v) is 5.27. The number of nitrogens with zero attached hydrogens (tertiary/aromatic N) is 2. The van der Waals surface area contributed by atoms with Crippen LogP contribution >= 0.6 is 0 Å². The topological polar surface area (TPSA) is 59.1 Å². The molecule has 6 nitrogen and oxygen atoms in total. The second-order valence-corrected chi connectivity index (χ2v) is 10.1. The van der Waals surface area contributed by atoms with E-state index in [2.05, 4.69) is 17.0 Å². The third-order valence-corrected chi connectivity index (χ3v) is 7.26. The highest BCUT2D eigenvalue weighted by Gasteiger charge is 2.39. The second-order valence-electron chi connectivity index (χ2n) is 10.1. The maximum atomic E-state index is 13.5. The van der Waals surface area contributed by atoms with Crippen molar-refractivity contribution in [2.24, 2.45) is 5.92 Å². The third kappa shape index (κ3) is 6.85. The molecule has 3 aromatic carbocycles. The van der Waals surface area contributed by atoms with Crippen molar-refractivity contribution in [3.63, 3.8) is 0 Å². The lowest BCUT2D eigenvalue weighted by Gasteiger charge is -2.30. The zero-order chi connectivity index (χ0) is 26.3. The number of carbonyl (C=O) groups is 2. The zero-order valence-electron chi connectivity index (χ0n) is 21.4. The van der Waals surface area contributed by atoms with E-state index >= 15 is 0 Å². The van der Waals surface area contributed by atoms with Crippen LogP contribution in [0.2, 0.25) is 0 Å². The molecule has 0 spiro atoms. The summed E-state index contributed by atoms with van der Waals surface area (Å²) in [7, 11) is 0. The number of amides is 1. The molecule has 0 aliphatic carbocycles. The fourth-order valence-electron chi connectivity index (χ4n) is 5.27. The molecule has 2 fully saturated rings. The average molecular weight is 517 g/mol. The lowest BCUT2D eigenvalue weighted by atomic mass is 9.94. The average Bonchev–Trinajstić information content (AvgIpc) is 3.36. The molecule has 2 aliphatic heterocycles. The molecule has 38 heavy (non-hydrogen) atoms. The van der Waals surface area contributed by atoms with Crippen molar-refractivity contribution in [3.05, 3.63) is 95.8 Å². The molecule has 2 saturated heterocycles. The van der Waals surface area contributed by atoms with E-state index in [1.54, 1.807) is 24.3 Å². The number of halogens is 1. The Morgan fingerprint density at radius 3 is 2.21 bits per heavy atom. The minimum atomic E-state index is -0.424. The van der Waals surface area contributed by atoms with E-state index < -0.39 is 6.04 Å². The summed E-state index contributed by atoms with van der Waals surface area (Å²) in [5.41, 5.74) is 2.09. The zero-order valence-corrected chi connectivity index (χ0v) is 21.4. The number of likely N-dealkylation sites (tertiary alicyclic amines) is 1. The number of hydrogen-bond acceptors (Lipinski definition) is 5. The summed E-state index contributed by atoms with van der Waals surface area (Å²) >= 11 is 0. The van der Waals surface area contributed by atoms with Crippen LogP contribution in [-0.2, 0) is 27.2 Å². The Kier molecular flexibility index (Phi) is 8.46. The predicted molar refractivity (Wildman–Crippen MR) is 143 cm³/mol. The number of hydrogen-bond donors (Lipinski definition) is 0. The molecule has 0 unspecified atom stereocenters. The van der Waals surface area contributed by atoms with Crippen LogP contribution in [0, 0.1) is 11.7 Å². The number of Topliss-reactive ketones (excluding diaryl/α,β-unsaturated/α-hetero) is 1. The molecule has 2 aliphatic rings. The largest absolute Gasteiger partial charge is 0.457 e. The Labute approximate surface area is 223 Å². The van der Waals surface area contributed by atoms with Crippen LogP contribution in [0.15, 0.2) is 78.9 Å². The molecule has 0 aromatic heterocycles. The summed E-state index contributed by atoms with van der Waals surface area (Å²) in [4.78, 5) is 30.8. The van der Waals surface area contributed by atoms with Crippen LogP contribution in [0.1, 0.15) is 17.5 Å². The van der Waals surface area contributed by atoms with Crippen molar-refractivity contribution in [1.82, 2.24) is 9.80 Å². The van der Waals surface area contributed by atoms with E-state index in [0.29, 0.717) is 44.2 Å². The first-order chi connectivity index (χ1) is 18.5. The normalized spacial score (nSPS) is 19.9. The minimum absolute atomic E-state index is 0.0175. The van der Waals surface area contributed by atoms with Gasteiger partial charge in [0.1, 0.15) is 17.3 Å². The molecule has 2 atom stereocenters. The van der Waals surface area contributed by atoms with E-state index in [0.717, 1.165) is 25.1 Å². The van der Waals surface area contributed by atoms with Crippen molar-refractivity contribution in [2.75, 3.05) is 39.4 Å². The molecule has 7 heteroatoms. The summed E-state index contributed by atoms with van der Waals surface area (Å²) in [6.45, 7) is 3.65. The SMILES string of the molecule is O=C(Cc1ccc(Oc2ccc(F)cc2)cc1)[C@@H]1C[C@@H](Cc2ccccc2)CN1C(=O)CN1CCOCC1. The van der Waals surface area contributed by atoms with Crippen molar-refractivity contribution < 1.29 is 23.5 Å². The molecule has 0 N–H and O–H groups in total. The van der Waals surface area contributed by atoms with E-state index in [-0.39, 0.29) is 29.8 Å². The molecule has 0 bridgehead atoms. The minimum Gasteiger partial charge on any atom is -0.457 e. The van der Waals surface area contributed by atoms with Gasteiger partial charge < -0.3 is 14.4 Å². The molecule has 3 aromatic rings. The van der Waals surface area contributed by atoms with Crippen LogP contribution in [-0.4, -0.2) is 66.9 Å². The third-order valence-electron chi connectivity index (χ3n) is 7.26. The Morgan fingerprint density at radius 2 is 1.53 bits per heavy atom. The summed E-state index contributed by atoms with van der Waals surface area (Å²) in [5, 5.41) is 0. The Morgan fingerprint density at radius 1 is 0.868 bits per heavy atom. The Hall–Kier alpha value is -3.55. The summed E-state index contributed by atoms with van der Waals surface area (Å²) in [6.07, 6.45) is 1.77. The number of morpholine rings is 1. The first-order valence-electron chi connectivity index (χ1n) is 13.2. The maximum absolute atomic E-state index is 13.5. The van der Waals surface area contributed by atoms with Crippen LogP contribution < -0.4 is 4.74 Å². The van der Waals surface area contributed by atoms with Crippen LogP contribution in [0.25, 0.3) is 0 Å². The van der Waals surface area contributed by atoms with Crippen molar-refractivity contribution >= 4 is 11.7 Å². The summed E-state index contributed by atoms with van der Waals surface area (Å²) < 4.78 is 24.3. The summed E-state index contributed by atoms with van der Waals surface area (Å²) in [6, 6.07) is 23.0. The van der Waals surface area contributed by atoms with Crippen molar-refractivity contribution in [2.45, 2.75) is 25.3 Å². The number of ketones is 1. The highest BCUT2D eigenvalue weighted by atomic mass is 19.1. The number of rotatable bonds is 9. The first kappa shape index (κ1) is 26.1. The van der Waals surface area contributed by atoms with Gasteiger partial charge >= 0.3 is 0 Å². The van der Waals surface area contributed by atoms with Gasteiger partial charge in [-0.15, -0.1) is 0 Å². The Balaban J connectivity index is 1.24. The summed E-state index contributed by atoms with van der Waals surface area (Å²) in [5.74, 6) is 1.15. The highest BCUT2D eigenvalue weighted by molar-refractivity contribution is 5.91. The van der Waals surface area contributed by atoms with Gasteiger partial charge in [0.25, 0.3) is 0 Å². The van der Waals surface area contributed by atoms with Gasteiger partial charge in [-0.1, -0.05) is 42.5 Å². The van der Waals surface area contributed by atoms with Gasteiger partial charge in [-0.25, -0.2) is 4.39 Å². The number of ether oxygens (including phenoxy) is 2. The van der Waals surface area contributed by atoms with Gasteiger partial charge in [-0.2, -0.15) is 0 Å². The maximum Gasteiger partial charge on any atom is 0.237 e. The first-order valence-corrected chi connectivity index (χ1v) is 13.2. The van der Waals surface area contributed by atoms with Crippen LogP contribution in [0.3, 0.4) is 0 Å². The molecule has 198 valence electrons. The molecule has 0 saturated carbocycles. The molecule has 2 heterocycles. The second kappa shape index (κ2) is 12.3. The van der Waals surface area contributed by atoms with E-state index in [4.69, 9.17) is 9.47 Å². The van der Waals surface area contributed by atoms with E-state index in [9.17, 15) is 14.0 Å².